The van der Waals surface area contributed by atoms with E-state index in [4.69, 9.17) is 16.6 Å². The molecule has 6 heteroatoms. The predicted octanol–water partition coefficient (Wildman–Crippen LogP) is 3.40. The van der Waals surface area contributed by atoms with Crippen molar-refractivity contribution in [1.82, 2.24) is 0 Å². The van der Waals surface area contributed by atoms with Gasteiger partial charge in [0, 0.05) is 0 Å². The summed E-state index contributed by atoms with van der Waals surface area (Å²) in [5.41, 5.74) is 20.2. The summed E-state index contributed by atoms with van der Waals surface area (Å²) in [6.45, 7) is 1.11. The molecule has 0 bridgehead atoms. The molecule has 80 valence electrons. The van der Waals surface area contributed by atoms with Crippen LogP contribution in [0.4, 0.5) is 0 Å². The van der Waals surface area contributed by atoms with E-state index in [1.54, 1.807) is 0 Å². The Morgan fingerprint density at radius 2 is 1.36 bits per heavy atom. The number of hydrogen-bond acceptors (Lipinski definition) is 6. The summed E-state index contributed by atoms with van der Waals surface area (Å²) in [7, 11) is 0. The van der Waals surface area contributed by atoms with Gasteiger partial charge in [0.05, 0.1) is 19.1 Å². The van der Waals surface area contributed by atoms with E-state index in [9.17, 15) is 0 Å². The van der Waals surface area contributed by atoms with Crippen molar-refractivity contribution in [2.45, 2.75) is 38.1 Å². The van der Waals surface area contributed by atoms with Gasteiger partial charge in [-0.05, 0) is 32.1 Å². The highest BCUT2D eigenvalue weighted by Crippen LogP contribution is 2.10. The van der Waals surface area contributed by atoms with Crippen LogP contribution in [0.5, 0.6) is 0 Å². The molecule has 6 nitrogen and oxygen atoms in total. The van der Waals surface area contributed by atoms with Crippen molar-refractivity contribution in [3.8, 4) is 0 Å². The second kappa shape index (κ2) is 9.88. The van der Waals surface area contributed by atoms with Crippen molar-refractivity contribution in [2.24, 2.45) is 15.3 Å². The number of nitrogens with one attached hydrogen (secondary N) is 3. The zero-order valence-electron chi connectivity index (χ0n) is 8.37. The first-order valence-electron chi connectivity index (χ1n) is 4.88. The SMILES string of the molecule is N=NCCCCC(CCCN=N)N=N. The molecule has 1 unspecified atom stereocenters. The molecule has 0 heterocycles. The summed E-state index contributed by atoms with van der Waals surface area (Å²) in [4.78, 5) is 0. The van der Waals surface area contributed by atoms with Crippen LogP contribution < -0.4 is 0 Å². The molecule has 0 saturated heterocycles. The monoisotopic (exact) mass is 198 g/mol. The predicted molar refractivity (Wildman–Crippen MR) is 52.1 cm³/mol. The van der Waals surface area contributed by atoms with Gasteiger partial charge in [-0.3, -0.25) is 0 Å². The largest absolute Gasteiger partial charge is 0.210 e. The summed E-state index contributed by atoms with van der Waals surface area (Å²) >= 11 is 0. The summed E-state index contributed by atoms with van der Waals surface area (Å²) in [5.74, 6) is 0. The van der Waals surface area contributed by atoms with Crippen molar-refractivity contribution in [3.63, 3.8) is 0 Å². The topological polar surface area (TPSA) is 109 Å². The maximum atomic E-state index is 6.96. The molecule has 0 spiro atoms. The van der Waals surface area contributed by atoms with E-state index < -0.39 is 0 Å². The molecule has 1 atom stereocenters. The molecule has 0 rings (SSSR count). The van der Waals surface area contributed by atoms with Crippen molar-refractivity contribution in [3.05, 3.63) is 0 Å². The molecule has 3 N–H and O–H groups in total. The van der Waals surface area contributed by atoms with Crippen LogP contribution in [-0.4, -0.2) is 19.1 Å². The Hall–Kier alpha value is -1.20. The van der Waals surface area contributed by atoms with E-state index in [2.05, 4.69) is 15.3 Å². The zero-order chi connectivity index (χ0) is 10.6. The van der Waals surface area contributed by atoms with Gasteiger partial charge in [0.25, 0.3) is 0 Å². The maximum Gasteiger partial charge on any atom is 0.0706 e. The minimum atomic E-state index is 0.0717. The van der Waals surface area contributed by atoms with E-state index in [0.717, 1.165) is 32.1 Å². The molecule has 0 aliphatic carbocycles. The summed E-state index contributed by atoms with van der Waals surface area (Å²) in [6, 6.07) is 0.0717. The first-order chi connectivity index (χ1) is 6.85. The van der Waals surface area contributed by atoms with Crippen LogP contribution in [0.1, 0.15) is 32.1 Å². The van der Waals surface area contributed by atoms with Gasteiger partial charge in [0.2, 0.25) is 0 Å². The molecular weight excluding hydrogens is 180 g/mol. The molecule has 0 saturated carbocycles. The highest BCUT2D eigenvalue weighted by molar-refractivity contribution is 4.64. The molecule has 0 aliphatic rings. The summed E-state index contributed by atoms with van der Waals surface area (Å²) in [5, 5.41) is 10.1. The maximum absolute atomic E-state index is 6.96. The van der Waals surface area contributed by atoms with Crippen molar-refractivity contribution in [1.29, 1.82) is 16.6 Å². The lowest BCUT2D eigenvalue weighted by Gasteiger charge is -2.08. The van der Waals surface area contributed by atoms with Crippen LogP contribution in [0, 0.1) is 16.6 Å². The van der Waals surface area contributed by atoms with Gasteiger partial charge in [0.15, 0.2) is 0 Å². The van der Waals surface area contributed by atoms with Gasteiger partial charge in [0.1, 0.15) is 0 Å². The molecule has 0 fully saturated rings. The lowest BCUT2D eigenvalue weighted by atomic mass is 10.1. The summed E-state index contributed by atoms with van der Waals surface area (Å²) in [6.07, 6.45) is 4.42. The van der Waals surface area contributed by atoms with Gasteiger partial charge >= 0.3 is 0 Å². The standard InChI is InChI=1S/C8H18N6/c9-12-6-2-1-4-8(14-11)5-3-7-13-10/h8-11H,1-7H2. The Bertz CT molecular complexity index is 169. The van der Waals surface area contributed by atoms with Gasteiger partial charge in [-0.2, -0.15) is 15.3 Å². The molecule has 14 heavy (non-hydrogen) atoms. The highest BCUT2D eigenvalue weighted by atomic mass is 15.0. The normalized spacial score (nSPS) is 12.0. The third-order valence-electron chi connectivity index (χ3n) is 2.05. The fourth-order valence-electron chi connectivity index (χ4n) is 1.25. The minimum Gasteiger partial charge on any atom is -0.210 e. The lowest BCUT2D eigenvalue weighted by Crippen LogP contribution is -2.04. The number of nitrogens with zero attached hydrogens (tertiary/aromatic N) is 3. The van der Waals surface area contributed by atoms with Gasteiger partial charge in [-0.25, -0.2) is 16.6 Å². The smallest absolute Gasteiger partial charge is 0.0706 e. The van der Waals surface area contributed by atoms with E-state index in [0.29, 0.717) is 13.1 Å². The molecule has 0 aliphatic heterocycles. The Morgan fingerprint density at radius 1 is 0.786 bits per heavy atom. The fraction of sp³-hybridized carbons (Fsp3) is 1.00. The Balaban J connectivity index is 3.42. The first-order valence-corrected chi connectivity index (χ1v) is 4.88. The van der Waals surface area contributed by atoms with Crippen molar-refractivity contribution < 1.29 is 0 Å². The molecule has 0 aromatic heterocycles. The molecule has 0 amide bonds. The average molecular weight is 198 g/mol. The fourth-order valence-corrected chi connectivity index (χ4v) is 1.25. The Kier molecular flexibility index (Phi) is 9.04. The number of unbranched alkanes of at least 4 members (excludes halogenated alkanes) is 1. The van der Waals surface area contributed by atoms with Gasteiger partial charge < -0.3 is 0 Å². The lowest BCUT2D eigenvalue weighted by molar-refractivity contribution is 0.495. The minimum absolute atomic E-state index is 0.0717. The number of hydrogen-bond donors (Lipinski definition) is 3. The van der Waals surface area contributed by atoms with Crippen LogP contribution in [-0.2, 0) is 0 Å². The highest BCUT2D eigenvalue weighted by Gasteiger charge is 2.05. The van der Waals surface area contributed by atoms with E-state index >= 15 is 0 Å². The molecular formula is C8H18N6. The third kappa shape index (κ3) is 7.45. The average Bonchev–Trinajstić information content (AvgIpc) is 2.22. The van der Waals surface area contributed by atoms with Crippen LogP contribution in [0.25, 0.3) is 0 Å². The molecule has 0 aromatic carbocycles. The quantitative estimate of drug-likeness (QED) is 0.353. The van der Waals surface area contributed by atoms with Crippen molar-refractivity contribution in [2.75, 3.05) is 13.1 Å². The Labute approximate surface area is 84.0 Å². The van der Waals surface area contributed by atoms with Crippen LogP contribution in [0.2, 0.25) is 0 Å². The second-order valence-corrected chi connectivity index (χ2v) is 3.18. The van der Waals surface area contributed by atoms with E-state index in [-0.39, 0.29) is 6.04 Å². The third-order valence-corrected chi connectivity index (χ3v) is 2.05. The number of rotatable bonds is 10. The van der Waals surface area contributed by atoms with Gasteiger partial charge in [-0.1, -0.05) is 0 Å². The first kappa shape index (κ1) is 12.8. The van der Waals surface area contributed by atoms with Gasteiger partial charge in [-0.15, -0.1) is 0 Å². The summed E-state index contributed by atoms with van der Waals surface area (Å²) < 4.78 is 0. The zero-order valence-corrected chi connectivity index (χ0v) is 8.37. The Morgan fingerprint density at radius 3 is 1.93 bits per heavy atom. The van der Waals surface area contributed by atoms with Crippen LogP contribution >= 0.6 is 0 Å². The molecule has 0 aromatic rings. The van der Waals surface area contributed by atoms with E-state index in [1.165, 1.54) is 0 Å². The van der Waals surface area contributed by atoms with Crippen LogP contribution in [0.15, 0.2) is 15.3 Å². The molecule has 0 radical (unpaired) electrons. The van der Waals surface area contributed by atoms with Crippen molar-refractivity contribution >= 4 is 0 Å². The van der Waals surface area contributed by atoms with Crippen LogP contribution in [0.3, 0.4) is 0 Å². The van der Waals surface area contributed by atoms with E-state index in [1.807, 2.05) is 0 Å². The second-order valence-electron chi connectivity index (χ2n) is 3.18.